The maximum Gasteiger partial charge on any atom is 0.289 e. The predicted molar refractivity (Wildman–Crippen MR) is 141 cm³/mol. The highest BCUT2D eigenvalue weighted by molar-refractivity contribution is 8.26. The molecular weight excluding hydrogens is 484 g/mol. The first-order valence-electron chi connectivity index (χ1n) is 10.9. The Morgan fingerprint density at radius 2 is 1.80 bits per heavy atom. The molecule has 2 aliphatic heterocycles. The standard InChI is InChI=1S/C25H24N4O4S2/c1-16-22(24(32)29(27(16)2)18-10-5-4-6-11-18)26-21(30)13-14-28-23(31)20(35-25(28)34)15-17-9-7-8-12-19(17)33-3/h4-12,15-16H,13-14H2,1-3H3/b20-15-,26-22?. The van der Waals surface area contributed by atoms with Gasteiger partial charge in [0.1, 0.15) is 15.8 Å². The van der Waals surface area contributed by atoms with E-state index in [-0.39, 0.29) is 36.5 Å². The van der Waals surface area contributed by atoms with Crippen molar-refractivity contribution < 1.29 is 19.1 Å². The van der Waals surface area contributed by atoms with E-state index in [0.717, 1.165) is 5.56 Å². The summed E-state index contributed by atoms with van der Waals surface area (Å²) in [5.74, 6) is -0.448. The topological polar surface area (TPSA) is 82.5 Å². The molecule has 1 atom stereocenters. The zero-order valence-corrected chi connectivity index (χ0v) is 21.1. The molecule has 2 saturated heterocycles. The number of benzene rings is 2. The SMILES string of the molecule is COc1ccccc1/C=C1\SC(=S)N(CCC(=O)N=C2C(=O)N(c3ccccc3)N(C)C2C)C1=O. The molecule has 2 aliphatic rings. The van der Waals surface area contributed by atoms with Gasteiger partial charge in [-0.05, 0) is 31.2 Å². The van der Waals surface area contributed by atoms with Crippen LogP contribution in [0.15, 0.2) is 64.5 Å². The predicted octanol–water partition coefficient (Wildman–Crippen LogP) is 3.54. The average molecular weight is 509 g/mol. The Labute approximate surface area is 213 Å². The van der Waals surface area contributed by atoms with Gasteiger partial charge >= 0.3 is 0 Å². The summed E-state index contributed by atoms with van der Waals surface area (Å²) in [6.45, 7) is 1.90. The third-order valence-corrected chi connectivity index (χ3v) is 7.16. The molecule has 2 fully saturated rings. The number of para-hydroxylation sites is 2. The van der Waals surface area contributed by atoms with Crippen LogP contribution < -0.4 is 9.75 Å². The van der Waals surface area contributed by atoms with Gasteiger partial charge in [0.05, 0.1) is 23.7 Å². The smallest absolute Gasteiger partial charge is 0.289 e. The molecule has 10 heteroatoms. The molecule has 0 aliphatic carbocycles. The monoisotopic (exact) mass is 508 g/mol. The normalized spacial score (nSPS) is 21.0. The second-order valence-electron chi connectivity index (χ2n) is 7.92. The summed E-state index contributed by atoms with van der Waals surface area (Å²) in [7, 11) is 3.34. The van der Waals surface area contributed by atoms with Crippen LogP contribution in [0.3, 0.4) is 0 Å². The van der Waals surface area contributed by atoms with Gasteiger partial charge in [-0.15, -0.1) is 0 Å². The van der Waals surface area contributed by atoms with Gasteiger partial charge in [-0.3, -0.25) is 19.3 Å². The lowest BCUT2D eigenvalue weighted by Crippen LogP contribution is -2.38. The first kappa shape index (κ1) is 24.8. The van der Waals surface area contributed by atoms with E-state index < -0.39 is 5.91 Å². The van der Waals surface area contributed by atoms with Crippen molar-refractivity contribution in [2.24, 2.45) is 4.99 Å². The highest BCUT2D eigenvalue weighted by atomic mass is 32.2. The summed E-state index contributed by atoms with van der Waals surface area (Å²) in [5, 5.41) is 3.25. The van der Waals surface area contributed by atoms with Crippen molar-refractivity contribution in [1.29, 1.82) is 0 Å². The van der Waals surface area contributed by atoms with Gasteiger partial charge in [-0.25, -0.2) is 15.0 Å². The third-order valence-electron chi connectivity index (χ3n) is 5.78. The first-order chi connectivity index (χ1) is 16.8. The number of carbonyl (C=O) groups excluding carboxylic acids is 3. The number of carbonyl (C=O) groups is 3. The Bertz CT molecular complexity index is 1250. The van der Waals surface area contributed by atoms with Gasteiger partial charge in [0.15, 0.2) is 0 Å². The largest absolute Gasteiger partial charge is 0.496 e. The van der Waals surface area contributed by atoms with Crippen molar-refractivity contribution in [3.63, 3.8) is 0 Å². The molecule has 0 aromatic heterocycles. The van der Waals surface area contributed by atoms with E-state index in [1.54, 1.807) is 25.2 Å². The number of thioether (sulfide) groups is 1. The molecule has 3 amide bonds. The Morgan fingerprint density at radius 1 is 1.11 bits per heavy atom. The van der Waals surface area contributed by atoms with E-state index in [4.69, 9.17) is 17.0 Å². The number of hydrogen-bond donors (Lipinski definition) is 0. The highest BCUT2D eigenvalue weighted by Crippen LogP contribution is 2.34. The number of aliphatic imine (C=N–C) groups is 1. The molecule has 0 spiro atoms. The summed E-state index contributed by atoms with van der Waals surface area (Å²) < 4.78 is 5.71. The van der Waals surface area contributed by atoms with Crippen LogP contribution in [0.5, 0.6) is 5.75 Å². The molecule has 0 saturated carbocycles. The van der Waals surface area contributed by atoms with Crippen LogP contribution in [-0.4, -0.2) is 64.4 Å². The molecule has 1 unspecified atom stereocenters. The minimum Gasteiger partial charge on any atom is -0.496 e. The van der Waals surface area contributed by atoms with Crippen molar-refractivity contribution in [3.8, 4) is 5.75 Å². The average Bonchev–Trinajstić information content (AvgIpc) is 3.24. The van der Waals surface area contributed by atoms with E-state index >= 15 is 0 Å². The van der Waals surface area contributed by atoms with Gasteiger partial charge in [0.2, 0.25) is 5.91 Å². The van der Waals surface area contributed by atoms with Crippen molar-refractivity contribution in [1.82, 2.24) is 9.91 Å². The quantitative estimate of drug-likeness (QED) is 0.436. The number of anilines is 1. The molecule has 0 bridgehead atoms. The van der Waals surface area contributed by atoms with Gasteiger partial charge in [0, 0.05) is 25.6 Å². The number of nitrogens with zero attached hydrogens (tertiary/aromatic N) is 4. The Kier molecular flexibility index (Phi) is 7.44. The van der Waals surface area contributed by atoms with Crippen LogP contribution in [0.2, 0.25) is 0 Å². The molecule has 2 aromatic rings. The van der Waals surface area contributed by atoms with Crippen LogP contribution in [0.25, 0.3) is 6.08 Å². The molecule has 2 heterocycles. The van der Waals surface area contributed by atoms with Gasteiger partial charge in [-0.2, -0.15) is 0 Å². The molecule has 0 N–H and O–H groups in total. The van der Waals surface area contributed by atoms with Gasteiger partial charge in [0.25, 0.3) is 11.8 Å². The van der Waals surface area contributed by atoms with E-state index in [0.29, 0.717) is 20.7 Å². The van der Waals surface area contributed by atoms with E-state index in [9.17, 15) is 14.4 Å². The molecule has 8 nitrogen and oxygen atoms in total. The molecule has 35 heavy (non-hydrogen) atoms. The number of rotatable bonds is 6. The van der Waals surface area contributed by atoms with Crippen molar-refractivity contribution in [2.45, 2.75) is 19.4 Å². The fraction of sp³-hybridized carbons (Fsp3) is 0.240. The number of methoxy groups -OCH3 is 1. The van der Waals surface area contributed by atoms with E-state index in [1.807, 2.05) is 61.5 Å². The fourth-order valence-electron chi connectivity index (χ4n) is 3.81. The molecule has 4 rings (SSSR count). The van der Waals surface area contributed by atoms with Gasteiger partial charge in [-0.1, -0.05) is 60.4 Å². The molecule has 180 valence electrons. The summed E-state index contributed by atoms with van der Waals surface area (Å²) in [4.78, 5) is 44.5. The summed E-state index contributed by atoms with van der Waals surface area (Å²) in [6, 6.07) is 16.2. The third kappa shape index (κ3) is 5.04. The zero-order valence-electron chi connectivity index (χ0n) is 19.5. The maximum atomic E-state index is 13.0. The van der Waals surface area contributed by atoms with Gasteiger partial charge < -0.3 is 4.74 Å². The van der Waals surface area contributed by atoms with E-state index in [2.05, 4.69) is 4.99 Å². The van der Waals surface area contributed by atoms with Crippen LogP contribution in [0.4, 0.5) is 5.69 Å². The fourth-order valence-corrected chi connectivity index (χ4v) is 5.11. The molecule has 2 aromatic carbocycles. The lowest BCUT2D eigenvalue weighted by atomic mass is 10.2. The first-order valence-corrected chi connectivity index (χ1v) is 12.2. The highest BCUT2D eigenvalue weighted by Gasteiger charge is 2.40. The van der Waals surface area contributed by atoms with E-state index in [1.165, 1.54) is 21.7 Å². The summed E-state index contributed by atoms with van der Waals surface area (Å²) in [6.07, 6.45) is 1.68. The number of hydrogen-bond acceptors (Lipinski definition) is 7. The Balaban J connectivity index is 1.44. The Hall–Kier alpha value is -3.34. The second kappa shape index (κ2) is 10.5. The summed E-state index contributed by atoms with van der Waals surface area (Å²) >= 11 is 6.55. The number of ether oxygens (including phenoxy) is 1. The maximum absolute atomic E-state index is 13.0. The molecule has 0 radical (unpaired) electrons. The van der Waals surface area contributed by atoms with Crippen molar-refractivity contribution in [3.05, 3.63) is 65.1 Å². The zero-order chi connectivity index (χ0) is 25.1. The van der Waals surface area contributed by atoms with Crippen LogP contribution in [0, 0.1) is 0 Å². The van der Waals surface area contributed by atoms with Crippen LogP contribution in [-0.2, 0) is 14.4 Å². The Morgan fingerprint density at radius 3 is 2.51 bits per heavy atom. The number of amides is 3. The van der Waals surface area contributed by atoms with Crippen molar-refractivity contribution >= 4 is 63.5 Å². The molecular formula is C25H24N4O4S2. The lowest BCUT2D eigenvalue weighted by molar-refractivity contribution is -0.123. The van der Waals surface area contributed by atoms with Crippen LogP contribution >= 0.6 is 24.0 Å². The van der Waals surface area contributed by atoms with Crippen LogP contribution in [0.1, 0.15) is 18.9 Å². The number of hydrazine groups is 1. The van der Waals surface area contributed by atoms with Crippen molar-refractivity contribution in [2.75, 3.05) is 25.7 Å². The summed E-state index contributed by atoms with van der Waals surface area (Å²) in [5.41, 5.74) is 1.63. The number of thiocarbonyl (C=S) groups is 1. The minimum absolute atomic E-state index is 0.0487. The lowest BCUT2D eigenvalue weighted by Gasteiger charge is -2.25. The second-order valence-corrected chi connectivity index (χ2v) is 9.59. The minimum atomic E-state index is -0.480.